The number of carboxylic acid groups (broad SMARTS) is 2. The highest BCUT2D eigenvalue weighted by Crippen LogP contribution is 2.33. The van der Waals surface area contributed by atoms with E-state index in [0.717, 1.165) is 19.2 Å². The number of rotatable bonds is 11. The van der Waals surface area contributed by atoms with E-state index in [9.17, 15) is 47.4 Å². The van der Waals surface area contributed by atoms with Crippen LogP contribution in [0.3, 0.4) is 0 Å². The minimum Gasteiger partial charge on any atom is -0.480 e. The highest BCUT2D eigenvalue weighted by atomic mass is 19.4. The average molecular weight is 665 g/mol. The first-order chi connectivity index (χ1) is 22.8. The van der Waals surface area contributed by atoms with Gasteiger partial charge in [0.25, 0.3) is 5.91 Å². The highest BCUT2D eigenvalue weighted by molar-refractivity contribution is 6.10. The Hall–Kier alpha value is -6.18. The normalized spacial score (nSPS) is 11.2. The molecule has 0 unspecified atom stereocenters. The van der Waals surface area contributed by atoms with Gasteiger partial charge in [-0.05, 0) is 52.6 Å². The highest BCUT2D eigenvalue weighted by Gasteiger charge is 2.50. The zero-order chi connectivity index (χ0) is 35.1. The number of hydrogen-bond donors (Lipinski definition) is 4. The summed E-state index contributed by atoms with van der Waals surface area (Å²) in [7, 11) is 1.10. The molecule has 0 heterocycles. The number of anilines is 2. The minimum atomic E-state index is -4.54. The van der Waals surface area contributed by atoms with Crippen molar-refractivity contribution in [2.24, 2.45) is 0 Å². The van der Waals surface area contributed by atoms with Gasteiger partial charge < -0.3 is 25.0 Å². The quantitative estimate of drug-likeness (QED) is 0.111. The largest absolute Gasteiger partial charge is 0.480 e. The molecule has 0 aromatic heterocycles. The van der Waals surface area contributed by atoms with Crippen molar-refractivity contribution in [3.63, 3.8) is 0 Å². The summed E-state index contributed by atoms with van der Waals surface area (Å²) in [5.41, 5.74) is -2.47. The summed E-state index contributed by atoms with van der Waals surface area (Å²) >= 11 is 0. The summed E-state index contributed by atoms with van der Waals surface area (Å²) < 4.78 is 48.9. The number of esters is 1. The molecule has 0 saturated carbocycles. The van der Waals surface area contributed by atoms with Gasteiger partial charge in [-0.15, -0.1) is 0 Å². The molecule has 48 heavy (non-hydrogen) atoms. The van der Waals surface area contributed by atoms with Crippen LogP contribution in [0.1, 0.15) is 27.0 Å². The summed E-state index contributed by atoms with van der Waals surface area (Å²) in [4.78, 5) is 62.5. The molecule has 0 bridgehead atoms. The van der Waals surface area contributed by atoms with Crippen LogP contribution in [0, 0.1) is 0 Å². The number of ether oxygens (including phenoxy) is 2. The Morgan fingerprint density at radius 3 is 1.96 bits per heavy atom. The number of carbonyl (C=O) groups excluding carboxylic acids is 3. The summed E-state index contributed by atoms with van der Waals surface area (Å²) in [6, 6.07) is 21.6. The number of benzene rings is 4. The summed E-state index contributed by atoms with van der Waals surface area (Å²) in [6.07, 6.45) is -5.94. The molecular formula is C34H27F3N2O9. The zero-order valence-electron chi connectivity index (χ0n) is 25.0. The predicted molar refractivity (Wildman–Crippen MR) is 165 cm³/mol. The standard InChI is InChI=1S/C34H27F3N2O9/c1-47-32(46)39-27-17-20(18-28(40)48-19-33(30(42)43,31(44)45)22-7-3-2-4-8-22)11-16-26(27)38-29(41)25-10-6-5-9-24(25)21-12-14-23(15-13-21)34(35,36)37/h2-17H,18-19H2,1H3,(H,38,41)(H,39,46)(H,42,43)(H,44,45). The van der Waals surface area contributed by atoms with Crippen LogP contribution in [0.4, 0.5) is 29.3 Å². The number of nitrogens with one attached hydrogen (secondary N) is 2. The molecule has 0 radical (unpaired) electrons. The molecule has 0 saturated heterocycles. The molecule has 0 fully saturated rings. The number of methoxy groups -OCH3 is 1. The molecule has 248 valence electrons. The lowest BCUT2D eigenvalue weighted by Gasteiger charge is -2.25. The first kappa shape index (κ1) is 34.7. The first-order valence-electron chi connectivity index (χ1n) is 14.0. The fourth-order valence-corrected chi connectivity index (χ4v) is 4.71. The second-order valence-corrected chi connectivity index (χ2v) is 10.3. The molecule has 4 aromatic carbocycles. The van der Waals surface area contributed by atoms with Gasteiger partial charge in [0.15, 0.2) is 0 Å². The maximum absolute atomic E-state index is 13.4. The zero-order valence-corrected chi connectivity index (χ0v) is 25.0. The topological polar surface area (TPSA) is 168 Å². The Balaban J connectivity index is 1.56. The Kier molecular flexibility index (Phi) is 10.5. The predicted octanol–water partition coefficient (Wildman–Crippen LogP) is 6.00. The van der Waals surface area contributed by atoms with Crippen LogP contribution < -0.4 is 10.6 Å². The van der Waals surface area contributed by atoms with E-state index in [1.807, 2.05) is 0 Å². The molecule has 4 rings (SSSR count). The van der Waals surface area contributed by atoms with Crippen LogP contribution in [0.2, 0.25) is 0 Å². The van der Waals surface area contributed by atoms with E-state index >= 15 is 0 Å². The third-order valence-corrected chi connectivity index (χ3v) is 7.24. The number of carboxylic acids is 2. The van der Waals surface area contributed by atoms with Crippen molar-refractivity contribution in [1.82, 2.24) is 0 Å². The monoisotopic (exact) mass is 664 g/mol. The van der Waals surface area contributed by atoms with Gasteiger partial charge in [0, 0.05) is 5.56 Å². The number of carbonyl (C=O) groups is 5. The smallest absolute Gasteiger partial charge is 0.416 e. The van der Waals surface area contributed by atoms with Crippen LogP contribution in [0.5, 0.6) is 0 Å². The van der Waals surface area contributed by atoms with Crippen LogP contribution in [-0.2, 0) is 41.9 Å². The van der Waals surface area contributed by atoms with Crippen LogP contribution >= 0.6 is 0 Å². The third kappa shape index (κ3) is 7.78. The van der Waals surface area contributed by atoms with Crippen molar-refractivity contribution in [2.45, 2.75) is 18.0 Å². The van der Waals surface area contributed by atoms with Gasteiger partial charge in [-0.2, -0.15) is 13.2 Å². The molecule has 0 aliphatic heterocycles. The maximum Gasteiger partial charge on any atom is 0.416 e. The molecule has 0 atom stereocenters. The Morgan fingerprint density at radius 1 is 0.729 bits per heavy atom. The van der Waals surface area contributed by atoms with E-state index in [1.54, 1.807) is 24.3 Å². The summed E-state index contributed by atoms with van der Waals surface area (Å²) in [5.74, 6) is -5.13. The summed E-state index contributed by atoms with van der Waals surface area (Å²) in [6.45, 7) is -1.01. The minimum absolute atomic E-state index is 0.0118. The molecule has 14 heteroatoms. The van der Waals surface area contributed by atoms with Crippen LogP contribution in [0.25, 0.3) is 11.1 Å². The van der Waals surface area contributed by atoms with E-state index in [-0.39, 0.29) is 28.1 Å². The fourth-order valence-electron chi connectivity index (χ4n) is 4.71. The molecule has 11 nitrogen and oxygen atoms in total. The Labute approximate surface area is 270 Å². The van der Waals surface area contributed by atoms with Crippen molar-refractivity contribution in [3.8, 4) is 11.1 Å². The Bertz CT molecular complexity index is 1830. The molecule has 0 spiro atoms. The Morgan fingerprint density at radius 2 is 1.35 bits per heavy atom. The van der Waals surface area contributed by atoms with E-state index in [2.05, 4.69) is 15.4 Å². The van der Waals surface area contributed by atoms with Gasteiger partial charge >= 0.3 is 30.2 Å². The number of hydrogen-bond acceptors (Lipinski definition) is 7. The summed E-state index contributed by atoms with van der Waals surface area (Å²) in [5, 5.41) is 24.7. The van der Waals surface area contributed by atoms with E-state index in [1.165, 1.54) is 60.7 Å². The number of alkyl halides is 3. The van der Waals surface area contributed by atoms with E-state index < -0.39 is 60.1 Å². The van der Waals surface area contributed by atoms with Gasteiger partial charge in [-0.3, -0.25) is 24.5 Å². The lowest BCUT2D eigenvalue weighted by atomic mass is 9.81. The number of amides is 2. The van der Waals surface area contributed by atoms with Crippen molar-refractivity contribution in [2.75, 3.05) is 24.4 Å². The maximum atomic E-state index is 13.4. The molecular weight excluding hydrogens is 637 g/mol. The SMILES string of the molecule is COC(=O)Nc1cc(CC(=O)OCC(C(=O)O)(C(=O)O)c2ccccc2)ccc1NC(=O)c1ccccc1-c1ccc(C(F)(F)F)cc1. The molecule has 0 aliphatic rings. The van der Waals surface area contributed by atoms with Crippen molar-refractivity contribution in [3.05, 3.63) is 119 Å². The molecule has 4 N–H and O–H groups in total. The fraction of sp³-hybridized carbons (Fsp3) is 0.147. The number of halogens is 3. The van der Waals surface area contributed by atoms with Gasteiger partial charge in [-0.1, -0.05) is 66.7 Å². The average Bonchev–Trinajstić information content (AvgIpc) is 3.06. The van der Waals surface area contributed by atoms with E-state index in [4.69, 9.17) is 4.74 Å². The first-order valence-corrected chi connectivity index (χ1v) is 14.0. The van der Waals surface area contributed by atoms with Gasteiger partial charge in [0.1, 0.15) is 6.61 Å². The van der Waals surface area contributed by atoms with Crippen molar-refractivity contribution in [1.29, 1.82) is 0 Å². The van der Waals surface area contributed by atoms with Crippen molar-refractivity contribution < 1.29 is 56.8 Å². The number of aliphatic carboxylic acids is 2. The second-order valence-electron chi connectivity index (χ2n) is 10.3. The van der Waals surface area contributed by atoms with Crippen molar-refractivity contribution >= 4 is 41.3 Å². The second kappa shape index (κ2) is 14.5. The third-order valence-electron chi connectivity index (χ3n) is 7.24. The van der Waals surface area contributed by atoms with Crippen LogP contribution in [0.15, 0.2) is 97.1 Å². The molecule has 2 amide bonds. The van der Waals surface area contributed by atoms with E-state index in [0.29, 0.717) is 11.1 Å². The van der Waals surface area contributed by atoms with Crippen LogP contribution in [-0.4, -0.2) is 53.8 Å². The van der Waals surface area contributed by atoms with Gasteiger partial charge in [0.2, 0.25) is 5.41 Å². The lowest BCUT2D eigenvalue weighted by molar-refractivity contribution is -0.164. The molecule has 0 aliphatic carbocycles. The van der Waals surface area contributed by atoms with Gasteiger partial charge in [-0.25, -0.2) is 4.79 Å². The lowest BCUT2D eigenvalue weighted by Crippen LogP contribution is -2.48. The molecule has 4 aromatic rings. The van der Waals surface area contributed by atoms with Gasteiger partial charge in [0.05, 0.1) is 30.5 Å².